The fourth-order valence-electron chi connectivity index (χ4n) is 3.66. The number of rotatable bonds is 10. The molecule has 1 N–H and O–H groups in total. The Hall–Kier alpha value is -4.12. The van der Waals surface area contributed by atoms with E-state index in [2.05, 4.69) is 5.32 Å². The lowest BCUT2D eigenvalue weighted by atomic mass is 10.1. The number of anilines is 1. The third kappa shape index (κ3) is 5.74. The molecular formula is C25H27N3O7S. The number of benzene rings is 3. The molecule has 1 atom stereocenters. The molecule has 11 heteroatoms. The summed E-state index contributed by atoms with van der Waals surface area (Å²) in [5.74, 6) is 0.502. The lowest BCUT2D eigenvalue weighted by Crippen LogP contribution is -2.41. The number of nitro benzene ring substituents is 1. The Balaban J connectivity index is 1.97. The van der Waals surface area contributed by atoms with E-state index < -0.39 is 33.4 Å². The molecular weight excluding hydrogens is 486 g/mol. The second kappa shape index (κ2) is 11.1. The van der Waals surface area contributed by atoms with Gasteiger partial charge in [-0.1, -0.05) is 24.3 Å². The highest BCUT2D eigenvalue weighted by atomic mass is 32.2. The van der Waals surface area contributed by atoms with E-state index in [-0.39, 0.29) is 16.3 Å². The minimum atomic E-state index is -4.35. The van der Waals surface area contributed by atoms with Gasteiger partial charge in [0.1, 0.15) is 18.0 Å². The molecule has 0 spiro atoms. The lowest BCUT2D eigenvalue weighted by molar-refractivity contribution is -0.385. The zero-order valence-electron chi connectivity index (χ0n) is 20.3. The topological polar surface area (TPSA) is 128 Å². The predicted octanol–water partition coefficient (Wildman–Crippen LogP) is 3.99. The number of ether oxygens (including phenoxy) is 2. The Morgan fingerprint density at radius 1 is 1.06 bits per heavy atom. The summed E-state index contributed by atoms with van der Waals surface area (Å²) in [6.45, 7) is 2.71. The van der Waals surface area contributed by atoms with Crippen molar-refractivity contribution in [1.82, 2.24) is 5.32 Å². The molecule has 0 bridgehead atoms. The number of methoxy groups -OCH3 is 2. The van der Waals surface area contributed by atoms with Crippen molar-refractivity contribution >= 4 is 27.3 Å². The van der Waals surface area contributed by atoms with Crippen LogP contribution < -0.4 is 19.1 Å². The molecule has 0 fully saturated rings. The number of para-hydroxylation sites is 1. The first-order valence-electron chi connectivity index (χ1n) is 10.9. The molecule has 0 unspecified atom stereocenters. The Labute approximate surface area is 209 Å². The molecule has 1 amide bonds. The van der Waals surface area contributed by atoms with Gasteiger partial charge in [0.25, 0.3) is 15.7 Å². The number of carbonyl (C=O) groups is 1. The standard InChI is InChI=1S/C25H27N3O7S/c1-17-9-14-21(15-23(17)28(30)31)36(32,33)27(19-10-12-20(34-3)13-11-19)16-25(29)26-18(2)22-7-5-6-8-24(22)35-4/h5-15,18H,16H2,1-4H3,(H,26,29)/t18-/m1/s1. The highest BCUT2D eigenvalue weighted by Crippen LogP contribution is 2.29. The predicted molar refractivity (Wildman–Crippen MR) is 135 cm³/mol. The highest BCUT2D eigenvalue weighted by Gasteiger charge is 2.30. The van der Waals surface area contributed by atoms with Gasteiger partial charge in [0.05, 0.1) is 35.8 Å². The molecule has 0 aliphatic heterocycles. The van der Waals surface area contributed by atoms with Crippen molar-refractivity contribution in [2.75, 3.05) is 25.1 Å². The fourth-order valence-corrected chi connectivity index (χ4v) is 5.10. The zero-order valence-corrected chi connectivity index (χ0v) is 21.1. The van der Waals surface area contributed by atoms with Crippen LogP contribution in [0.2, 0.25) is 0 Å². The summed E-state index contributed by atoms with van der Waals surface area (Å²) < 4.78 is 38.7. The minimum Gasteiger partial charge on any atom is -0.497 e. The largest absolute Gasteiger partial charge is 0.497 e. The number of nitrogens with one attached hydrogen (secondary N) is 1. The Morgan fingerprint density at radius 2 is 1.72 bits per heavy atom. The van der Waals surface area contributed by atoms with Crippen LogP contribution in [0.5, 0.6) is 11.5 Å². The number of hydrogen-bond acceptors (Lipinski definition) is 7. The monoisotopic (exact) mass is 513 g/mol. The number of hydrogen-bond donors (Lipinski definition) is 1. The number of amides is 1. The first-order chi connectivity index (χ1) is 17.1. The van der Waals surface area contributed by atoms with Crippen molar-refractivity contribution in [3.8, 4) is 11.5 Å². The smallest absolute Gasteiger partial charge is 0.273 e. The average molecular weight is 514 g/mol. The quantitative estimate of drug-likeness (QED) is 0.321. The van der Waals surface area contributed by atoms with Gasteiger partial charge in [-0.05, 0) is 50.2 Å². The van der Waals surface area contributed by atoms with Crippen LogP contribution in [-0.4, -0.2) is 40.0 Å². The molecule has 0 saturated carbocycles. The van der Waals surface area contributed by atoms with Gasteiger partial charge < -0.3 is 14.8 Å². The molecule has 3 rings (SSSR count). The van der Waals surface area contributed by atoms with E-state index in [4.69, 9.17) is 9.47 Å². The van der Waals surface area contributed by atoms with Crippen molar-refractivity contribution in [1.29, 1.82) is 0 Å². The summed E-state index contributed by atoms with van der Waals surface area (Å²) >= 11 is 0. The van der Waals surface area contributed by atoms with Crippen LogP contribution in [0.4, 0.5) is 11.4 Å². The van der Waals surface area contributed by atoms with E-state index in [0.29, 0.717) is 17.1 Å². The molecule has 3 aromatic rings. The van der Waals surface area contributed by atoms with Crippen molar-refractivity contribution in [3.63, 3.8) is 0 Å². The first kappa shape index (κ1) is 26.5. The second-order valence-electron chi connectivity index (χ2n) is 7.95. The molecule has 0 heterocycles. The molecule has 3 aromatic carbocycles. The van der Waals surface area contributed by atoms with Gasteiger partial charge in [0.15, 0.2) is 0 Å². The van der Waals surface area contributed by atoms with Crippen LogP contribution >= 0.6 is 0 Å². The number of nitro groups is 1. The van der Waals surface area contributed by atoms with E-state index in [1.54, 1.807) is 43.3 Å². The van der Waals surface area contributed by atoms with Crippen LogP contribution in [0.3, 0.4) is 0 Å². The molecule has 10 nitrogen and oxygen atoms in total. The van der Waals surface area contributed by atoms with E-state index in [0.717, 1.165) is 15.9 Å². The van der Waals surface area contributed by atoms with Gasteiger partial charge in [0, 0.05) is 17.2 Å². The Bertz CT molecular complexity index is 1360. The average Bonchev–Trinajstić information content (AvgIpc) is 2.87. The third-order valence-corrected chi connectivity index (χ3v) is 7.37. The number of carbonyl (C=O) groups excluding carboxylic acids is 1. The summed E-state index contributed by atoms with van der Waals surface area (Å²) in [4.78, 5) is 23.5. The van der Waals surface area contributed by atoms with Crippen LogP contribution in [-0.2, 0) is 14.8 Å². The van der Waals surface area contributed by atoms with Gasteiger partial charge >= 0.3 is 0 Å². The van der Waals surface area contributed by atoms with Crippen LogP contribution in [0.15, 0.2) is 71.6 Å². The minimum absolute atomic E-state index is 0.194. The van der Waals surface area contributed by atoms with Crippen LogP contribution in [0.1, 0.15) is 24.1 Å². The summed E-state index contributed by atoms with van der Waals surface area (Å²) in [7, 11) is -1.36. The maximum atomic E-state index is 13.6. The SMILES string of the molecule is COc1ccc(N(CC(=O)N[C@H](C)c2ccccc2OC)S(=O)(=O)c2ccc(C)c([N+](=O)[O-])c2)cc1. The zero-order chi connectivity index (χ0) is 26.5. The summed E-state index contributed by atoms with van der Waals surface area (Å²) in [5.41, 5.74) is 0.902. The van der Waals surface area contributed by atoms with E-state index >= 15 is 0 Å². The summed E-state index contributed by atoms with van der Waals surface area (Å²) in [6.07, 6.45) is 0. The number of nitrogens with zero attached hydrogens (tertiary/aromatic N) is 2. The maximum Gasteiger partial charge on any atom is 0.273 e. The molecule has 0 aliphatic rings. The molecule has 36 heavy (non-hydrogen) atoms. The third-order valence-electron chi connectivity index (χ3n) is 5.60. The Kier molecular flexibility index (Phi) is 8.15. The maximum absolute atomic E-state index is 13.6. The van der Waals surface area contributed by atoms with Gasteiger partial charge in [-0.2, -0.15) is 0 Å². The molecule has 190 valence electrons. The summed E-state index contributed by atoms with van der Waals surface area (Å²) in [6, 6.07) is 16.4. The van der Waals surface area contributed by atoms with Crippen LogP contribution in [0.25, 0.3) is 0 Å². The second-order valence-corrected chi connectivity index (χ2v) is 9.81. The van der Waals surface area contributed by atoms with Gasteiger partial charge in [-0.15, -0.1) is 0 Å². The molecule has 0 aliphatic carbocycles. The van der Waals surface area contributed by atoms with Crippen LogP contribution in [0, 0.1) is 17.0 Å². The first-order valence-corrected chi connectivity index (χ1v) is 12.4. The van der Waals surface area contributed by atoms with Crippen molar-refractivity contribution in [2.24, 2.45) is 0 Å². The molecule has 0 radical (unpaired) electrons. The fraction of sp³-hybridized carbons (Fsp3) is 0.240. The van der Waals surface area contributed by atoms with Crippen molar-refractivity contribution in [3.05, 3.63) is 88.0 Å². The lowest BCUT2D eigenvalue weighted by Gasteiger charge is -2.25. The Morgan fingerprint density at radius 3 is 2.33 bits per heavy atom. The van der Waals surface area contributed by atoms with E-state index in [1.807, 2.05) is 0 Å². The van der Waals surface area contributed by atoms with Gasteiger partial charge in [-0.25, -0.2) is 8.42 Å². The highest BCUT2D eigenvalue weighted by molar-refractivity contribution is 7.92. The molecule has 0 aromatic heterocycles. The van der Waals surface area contributed by atoms with Crippen molar-refractivity contribution in [2.45, 2.75) is 24.8 Å². The van der Waals surface area contributed by atoms with Gasteiger partial charge in [0.2, 0.25) is 5.91 Å². The van der Waals surface area contributed by atoms with E-state index in [1.165, 1.54) is 45.4 Å². The van der Waals surface area contributed by atoms with Crippen molar-refractivity contribution < 1.29 is 27.6 Å². The molecule has 0 saturated heterocycles. The number of sulfonamides is 1. The normalized spacial score (nSPS) is 11.9. The van der Waals surface area contributed by atoms with Gasteiger partial charge in [-0.3, -0.25) is 19.2 Å². The van der Waals surface area contributed by atoms with E-state index in [9.17, 15) is 23.3 Å². The summed E-state index contributed by atoms with van der Waals surface area (Å²) in [5, 5.41) is 14.2. The number of aryl methyl sites for hydroxylation is 1.